The lowest BCUT2D eigenvalue weighted by molar-refractivity contribution is -0.0628. The Hall–Kier alpha value is -1.40. The van der Waals surface area contributed by atoms with Gasteiger partial charge in [0.2, 0.25) is 0 Å². The number of nitrogens with one attached hydrogen (secondary N) is 1. The van der Waals surface area contributed by atoms with Gasteiger partial charge in [-0.1, -0.05) is 0 Å². The van der Waals surface area contributed by atoms with Gasteiger partial charge in [0, 0.05) is 30.8 Å². The number of thioether (sulfide) groups is 1. The molecular weight excluding hydrogens is 284 g/mol. The molecule has 2 aliphatic heterocycles. The van der Waals surface area contributed by atoms with Gasteiger partial charge in [-0.25, -0.2) is 9.97 Å². The number of rotatable bonds is 2. The minimum absolute atomic E-state index is 0.0945. The van der Waals surface area contributed by atoms with Crippen molar-refractivity contribution in [3.05, 3.63) is 24.5 Å². The minimum atomic E-state index is 0.0945. The second-order valence-corrected chi connectivity index (χ2v) is 6.87. The van der Waals surface area contributed by atoms with Gasteiger partial charge in [-0.05, 0) is 37.1 Å². The summed E-state index contributed by atoms with van der Waals surface area (Å²) >= 11 is 2.00. The lowest BCUT2D eigenvalue weighted by Crippen LogP contribution is -2.44. The van der Waals surface area contributed by atoms with Crippen molar-refractivity contribution >= 4 is 28.7 Å². The van der Waals surface area contributed by atoms with Crippen LogP contribution >= 0.6 is 11.8 Å². The molecule has 2 aliphatic rings. The highest BCUT2D eigenvalue weighted by atomic mass is 32.2. The van der Waals surface area contributed by atoms with Gasteiger partial charge in [-0.3, -0.25) is 4.98 Å². The maximum absolute atomic E-state index is 6.06. The minimum Gasteiger partial charge on any atom is -0.374 e. The summed E-state index contributed by atoms with van der Waals surface area (Å²) in [5, 5.41) is 3.56. The normalized spacial score (nSPS) is 29.0. The Labute approximate surface area is 127 Å². The van der Waals surface area contributed by atoms with Crippen LogP contribution in [0.1, 0.15) is 19.3 Å². The van der Waals surface area contributed by atoms with Gasteiger partial charge in [-0.2, -0.15) is 11.8 Å². The molecule has 2 aromatic heterocycles. The molecule has 4 heterocycles. The highest BCUT2D eigenvalue weighted by molar-refractivity contribution is 7.99. The fraction of sp³-hybridized carbons (Fsp3) is 0.533. The van der Waals surface area contributed by atoms with Crippen LogP contribution in [0.25, 0.3) is 11.2 Å². The molecular formula is C15H18N4OS. The molecule has 0 unspecified atom stereocenters. The Balaban J connectivity index is 1.51. The summed E-state index contributed by atoms with van der Waals surface area (Å²) in [7, 11) is 0. The number of hydrogen-bond donors (Lipinski definition) is 1. The van der Waals surface area contributed by atoms with Crippen LogP contribution in [0.4, 0.5) is 5.82 Å². The second-order valence-electron chi connectivity index (χ2n) is 5.76. The van der Waals surface area contributed by atoms with Gasteiger partial charge in [0.1, 0.15) is 11.3 Å². The quantitative estimate of drug-likeness (QED) is 0.919. The summed E-state index contributed by atoms with van der Waals surface area (Å²) in [4.78, 5) is 13.1. The third-order valence-electron chi connectivity index (χ3n) is 4.24. The molecule has 6 heteroatoms. The Morgan fingerprint density at radius 2 is 2.24 bits per heavy atom. The van der Waals surface area contributed by atoms with Gasteiger partial charge < -0.3 is 10.1 Å². The first-order chi connectivity index (χ1) is 10.3. The van der Waals surface area contributed by atoms with E-state index in [9.17, 15) is 0 Å². The number of nitrogens with zero attached hydrogens (tertiary/aromatic N) is 3. The molecule has 0 radical (unpaired) electrons. The van der Waals surface area contributed by atoms with Crippen molar-refractivity contribution in [1.29, 1.82) is 0 Å². The number of fused-ring (bicyclic) bond motifs is 1. The third kappa shape index (κ3) is 2.70. The van der Waals surface area contributed by atoms with Crippen molar-refractivity contribution in [1.82, 2.24) is 15.0 Å². The lowest BCUT2D eigenvalue weighted by atomic mass is 9.90. The molecule has 2 saturated heterocycles. The number of ether oxygens (including phenoxy) is 1. The molecule has 4 rings (SSSR count). The number of hydrogen-bond acceptors (Lipinski definition) is 6. The van der Waals surface area contributed by atoms with Crippen molar-refractivity contribution in [2.45, 2.75) is 30.9 Å². The van der Waals surface area contributed by atoms with Crippen LogP contribution in [-0.2, 0) is 4.74 Å². The first-order valence-electron chi connectivity index (χ1n) is 7.39. The zero-order valence-electron chi connectivity index (χ0n) is 11.8. The predicted molar refractivity (Wildman–Crippen MR) is 84.6 cm³/mol. The Bertz CT molecular complexity index is 644. The summed E-state index contributed by atoms with van der Waals surface area (Å²) in [6.07, 6.45) is 6.65. The van der Waals surface area contributed by atoms with Crippen LogP contribution in [0.3, 0.4) is 0 Å². The average Bonchev–Trinajstić information content (AvgIpc) is 2.95. The molecule has 2 fully saturated rings. The van der Waals surface area contributed by atoms with Crippen molar-refractivity contribution < 1.29 is 4.74 Å². The van der Waals surface area contributed by atoms with E-state index in [4.69, 9.17) is 4.74 Å². The van der Waals surface area contributed by atoms with Crippen LogP contribution < -0.4 is 5.32 Å². The molecule has 2 atom stereocenters. The number of aromatic nitrogens is 3. The summed E-state index contributed by atoms with van der Waals surface area (Å²) in [5.41, 5.74) is 1.62. The fourth-order valence-corrected chi connectivity index (χ4v) is 4.54. The second kappa shape index (κ2) is 5.42. The lowest BCUT2D eigenvalue weighted by Gasteiger charge is -2.38. The zero-order chi connectivity index (χ0) is 14.1. The van der Waals surface area contributed by atoms with Crippen molar-refractivity contribution in [3.8, 4) is 0 Å². The van der Waals surface area contributed by atoms with Crippen LogP contribution in [0.15, 0.2) is 24.5 Å². The maximum atomic E-state index is 6.06. The molecule has 0 saturated carbocycles. The molecule has 110 valence electrons. The monoisotopic (exact) mass is 302 g/mol. The van der Waals surface area contributed by atoms with E-state index in [-0.39, 0.29) is 5.60 Å². The highest BCUT2D eigenvalue weighted by Gasteiger charge is 2.40. The molecule has 2 aromatic rings. The molecule has 0 aliphatic carbocycles. The first-order valence-corrected chi connectivity index (χ1v) is 8.55. The predicted octanol–water partition coefficient (Wildman–Crippen LogP) is 2.49. The van der Waals surface area contributed by atoms with E-state index in [2.05, 4.69) is 20.3 Å². The Morgan fingerprint density at radius 3 is 3.14 bits per heavy atom. The van der Waals surface area contributed by atoms with Crippen LogP contribution in [0.2, 0.25) is 0 Å². The van der Waals surface area contributed by atoms with Crippen LogP contribution in [0.5, 0.6) is 0 Å². The molecule has 1 N–H and O–H groups in total. The molecule has 1 spiro atoms. The number of anilines is 1. The molecule has 0 bridgehead atoms. The van der Waals surface area contributed by atoms with Crippen molar-refractivity contribution in [3.63, 3.8) is 0 Å². The van der Waals surface area contributed by atoms with Crippen molar-refractivity contribution in [2.24, 2.45) is 0 Å². The van der Waals surface area contributed by atoms with Crippen LogP contribution in [0, 0.1) is 0 Å². The van der Waals surface area contributed by atoms with E-state index in [0.29, 0.717) is 11.7 Å². The number of pyridine rings is 1. The van der Waals surface area contributed by atoms with Crippen molar-refractivity contribution in [2.75, 3.05) is 23.4 Å². The largest absolute Gasteiger partial charge is 0.374 e. The molecule has 0 aromatic carbocycles. The highest BCUT2D eigenvalue weighted by Crippen LogP contribution is 2.38. The fourth-order valence-electron chi connectivity index (χ4n) is 3.16. The van der Waals surface area contributed by atoms with Gasteiger partial charge in [0.15, 0.2) is 5.65 Å². The summed E-state index contributed by atoms with van der Waals surface area (Å²) in [5.74, 6) is 3.23. The maximum Gasteiger partial charge on any atom is 0.180 e. The molecule has 0 amide bonds. The zero-order valence-corrected chi connectivity index (χ0v) is 12.6. The van der Waals surface area contributed by atoms with Gasteiger partial charge in [0.05, 0.1) is 5.60 Å². The van der Waals surface area contributed by atoms with Gasteiger partial charge in [-0.15, -0.1) is 0 Å². The third-order valence-corrected chi connectivity index (χ3v) is 5.47. The van der Waals surface area contributed by atoms with Crippen LogP contribution in [-0.4, -0.2) is 44.7 Å². The molecule has 5 nitrogen and oxygen atoms in total. The average molecular weight is 302 g/mol. The first kappa shape index (κ1) is 13.3. The van der Waals surface area contributed by atoms with E-state index >= 15 is 0 Å². The summed E-state index contributed by atoms with van der Waals surface area (Å²) in [6, 6.07) is 4.39. The van der Waals surface area contributed by atoms with E-state index in [1.807, 2.05) is 23.9 Å². The van der Waals surface area contributed by atoms with E-state index in [1.165, 1.54) is 12.2 Å². The SMILES string of the molecule is c1cnc2nc(N[C@@H]3CCO[C@]4(CCSC4)C3)ccc2n1. The Kier molecular flexibility index (Phi) is 3.43. The smallest absolute Gasteiger partial charge is 0.180 e. The summed E-state index contributed by atoms with van der Waals surface area (Å²) in [6.45, 7) is 0.839. The van der Waals surface area contributed by atoms with Gasteiger partial charge >= 0.3 is 0 Å². The Morgan fingerprint density at radius 1 is 1.29 bits per heavy atom. The molecule has 21 heavy (non-hydrogen) atoms. The van der Waals surface area contributed by atoms with E-state index in [0.717, 1.165) is 36.5 Å². The summed E-state index contributed by atoms with van der Waals surface area (Å²) < 4.78 is 6.06. The standard InChI is InChI=1S/C15H18N4OS/c1-2-13(19-14-12(1)16-5-6-17-14)18-11-3-7-20-15(9-11)4-8-21-10-15/h1-2,5-6,11H,3-4,7-10H2,(H,17,18,19)/t11-,15-/m1/s1. The van der Waals surface area contributed by atoms with E-state index < -0.39 is 0 Å². The van der Waals surface area contributed by atoms with E-state index in [1.54, 1.807) is 12.4 Å². The topological polar surface area (TPSA) is 59.9 Å². The van der Waals surface area contributed by atoms with Gasteiger partial charge in [0.25, 0.3) is 0 Å².